The number of fused-ring (bicyclic) bond motifs is 5. The molecule has 0 aromatic rings. The van der Waals surface area contributed by atoms with Crippen molar-refractivity contribution in [2.45, 2.75) is 117 Å². The summed E-state index contributed by atoms with van der Waals surface area (Å²) in [7, 11) is -1.49. The molecule has 4 aliphatic rings. The summed E-state index contributed by atoms with van der Waals surface area (Å²) in [6.07, 6.45) is 11.8. The minimum Gasteiger partial charge on any atom is -0.414 e. The van der Waals surface area contributed by atoms with E-state index in [0.717, 1.165) is 30.6 Å². The molecular weight excluding hydrogens is 360 g/mol. The maximum atomic E-state index is 12.6. The maximum absolute atomic E-state index is 12.6. The van der Waals surface area contributed by atoms with Gasteiger partial charge in [-0.25, -0.2) is 0 Å². The van der Waals surface area contributed by atoms with Crippen LogP contribution in [0.2, 0.25) is 18.1 Å². The summed E-state index contributed by atoms with van der Waals surface area (Å²) in [6.45, 7) is 12.0. The molecule has 4 saturated carbocycles. The molecule has 0 bridgehead atoms. The number of hydrogen-bond donors (Lipinski definition) is 0. The third-order valence-electron chi connectivity index (χ3n) is 10.7. The summed E-state index contributed by atoms with van der Waals surface area (Å²) in [6, 6.07) is 3.83. The number of rotatable bonds is 5. The monoisotopic (exact) mass is 404 g/mol. The van der Waals surface area contributed by atoms with Crippen LogP contribution in [0.1, 0.15) is 92.4 Å². The predicted octanol–water partition coefficient (Wildman–Crippen LogP) is 6.99. The number of hydrogen-bond acceptors (Lipinski definition) is 2. The largest absolute Gasteiger partial charge is 0.414 e. The molecule has 0 aromatic carbocycles. The molecule has 4 aliphatic carbocycles. The van der Waals surface area contributed by atoms with Crippen LogP contribution in [0.3, 0.4) is 0 Å². The average Bonchev–Trinajstić information content (AvgIpc) is 3.01. The fourth-order valence-corrected chi connectivity index (χ4v) is 11.4. The third kappa shape index (κ3) is 3.09. The Morgan fingerprint density at radius 3 is 2.32 bits per heavy atom. The van der Waals surface area contributed by atoms with E-state index in [1.807, 2.05) is 0 Å². The van der Waals surface area contributed by atoms with Crippen molar-refractivity contribution in [2.24, 2.45) is 34.5 Å². The second-order valence-electron chi connectivity index (χ2n) is 11.3. The highest BCUT2D eigenvalue weighted by atomic mass is 28.4. The van der Waals surface area contributed by atoms with Gasteiger partial charge in [0.15, 0.2) is 8.32 Å². The van der Waals surface area contributed by atoms with Gasteiger partial charge in [0.2, 0.25) is 0 Å². The summed E-state index contributed by atoms with van der Waals surface area (Å²) in [5.41, 5.74) is 0.532. The summed E-state index contributed by atoms with van der Waals surface area (Å²) in [5, 5.41) is 0. The molecule has 2 nitrogen and oxygen atoms in total. The lowest BCUT2D eigenvalue weighted by molar-refractivity contribution is -0.141. The Balaban J connectivity index is 1.48. The van der Waals surface area contributed by atoms with Crippen LogP contribution in [-0.2, 0) is 9.22 Å². The Bertz CT molecular complexity index is 591. The van der Waals surface area contributed by atoms with Gasteiger partial charge in [-0.2, -0.15) is 0 Å². The van der Waals surface area contributed by atoms with Crippen molar-refractivity contribution >= 4 is 14.1 Å². The fraction of sp³-hybridized carbons (Fsp3) is 0.960. The van der Waals surface area contributed by atoms with Gasteiger partial charge in [-0.15, -0.1) is 0 Å². The topological polar surface area (TPSA) is 26.3 Å². The van der Waals surface area contributed by atoms with Crippen molar-refractivity contribution in [1.29, 1.82) is 0 Å². The van der Waals surface area contributed by atoms with Gasteiger partial charge in [-0.05, 0) is 98.6 Å². The first-order valence-electron chi connectivity index (χ1n) is 12.5. The molecule has 160 valence electrons. The van der Waals surface area contributed by atoms with Crippen LogP contribution >= 0.6 is 0 Å². The number of carbonyl (C=O) groups is 1. The standard InChI is InChI=1S/C25H44O2Si/c1-6-28(7-2,8-3)27-19-13-15-24(4)18(17-19)9-10-20-21-11-12-23(26)25(21,5)16-14-22(20)24/h18-22H,6-17H2,1-5H3/t18-,19?,20-,21-,22-,24-,25-/m0/s1. The Morgan fingerprint density at radius 1 is 0.929 bits per heavy atom. The zero-order valence-corrected chi connectivity index (χ0v) is 20.2. The lowest BCUT2D eigenvalue weighted by atomic mass is 9.45. The van der Waals surface area contributed by atoms with Crippen molar-refractivity contribution in [3.05, 3.63) is 0 Å². The Hall–Kier alpha value is -0.153. The Morgan fingerprint density at radius 2 is 1.64 bits per heavy atom. The van der Waals surface area contributed by atoms with E-state index < -0.39 is 8.32 Å². The zero-order chi connectivity index (χ0) is 20.2. The first-order chi connectivity index (χ1) is 13.3. The molecule has 7 atom stereocenters. The summed E-state index contributed by atoms with van der Waals surface area (Å²) in [4.78, 5) is 12.6. The lowest BCUT2D eigenvalue weighted by Gasteiger charge is -2.60. The van der Waals surface area contributed by atoms with Crippen molar-refractivity contribution in [3.63, 3.8) is 0 Å². The van der Waals surface area contributed by atoms with Gasteiger partial charge in [-0.1, -0.05) is 34.6 Å². The minimum absolute atomic E-state index is 0.0270. The number of Topliss-reactive ketones (excluding diaryl/α,β-unsaturated/α-hetero) is 1. The Kier molecular flexibility index (Phi) is 5.66. The fourth-order valence-electron chi connectivity index (χ4n) is 8.45. The lowest BCUT2D eigenvalue weighted by Crippen LogP contribution is -2.55. The second-order valence-corrected chi connectivity index (χ2v) is 16.1. The summed E-state index contributed by atoms with van der Waals surface area (Å²) in [5.74, 6) is 3.80. The maximum Gasteiger partial charge on any atom is 0.192 e. The number of carbonyl (C=O) groups excluding carboxylic acids is 1. The molecule has 3 heteroatoms. The van der Waals surface area contributed by atoms with Crippen LogP contribution in [0.25, 0.3) is 0 Å². The van der Waals surface area contributed by atoms with Gasteiger partial charge in [0, 0.05) is 17.9 Å². The van der Waals surface area contributed by atoms with Gasteiger partial charge < -0.3 is 4.43 Å². The summed E-state index contributed by atoms with van der Waals surface area (Å²) < 4.78 is 6.95. The van der Waals surface area contributed by atoms with E-state index in [1.165, 1.54) is 63.1 Å². The van der Waals surface area contributed by atoms with Crippen LogP contribution in [0.4, 0.5) is 0 Å². The molecule has 0 spiro atoms. The molecule has 0 radical (unpaired) electrons. The van der Waals surface area contributed by atoms with E-state index >= 15 is 0 Å². The molecule has 28 heavy (non-hydrogen) atoms. The molecule has 1 unspecified atom stereocenters. The Labute approximate surface area is 174 Å². The van der Waals surface area contributed by atoms with Gasteiger partial charge in [-0.3, -0.25) is 4.79 Å². The van der Waals surface area contributed by atoms with Crippen molar-refractivity contribution < 1.29 is 9.22 Å². The molecular formula is C25H44O2Si. The van der Waals surface area contributed by atoms with Crippen molar-refractivity contribution in [3.8, 4) is 0 Å². The normalized spacial score (nSPS) is 46.0. The molecule has 4 fully saturated rings. The third-order valence-corrected chi connectivity index (χ3v) is 15.4. The molecule has 0 amide bonds. The SMILES string of the molecule is CC[Si](CC)(CC)OC1CC[C@@]2(C)[C@@H](CC[C@@H]3[C@@H]2CC[C@]2(C)C(=O)CC[C@@H]32)C1. The molecule has 0 aliphatic heterocycles. The van der Waals surface area contributed by atoms with Gasteiger partial charge >= 0.3 is 0 Å². The molecule has 0 N–H and O–H groups in total. The highest BCUT2D eigenvalue weighted by Crippen LogP contribution is 2.65. The van der Waals surface area contributed by atoms with E-state index in [1.54, 1.807) is 0 Å². The van der Waals surface area contributed by atoms with Gasteiger partial charge in [0.1, 0.15) is 5.78 Å². The molecule has 4 rings (SSSR count). The molecule has 0 saturated heterocycles. The van der Waals surface area contributed by atoms with Crippen LogP contribution < -0.4 is 0 Å². The van der Waals surface area contributed by atoms with Crippen molar-refractivity contribution in [1.82, 2.24) is 0 Å². The highest BCUT2D eigenvalue weighted by molar-refractivity contribution is 6.73. The zero-order valence-electron chi connectivity index (χ0n) is 19.2. The first kappa shape index (κ1) is 21.1. The smallest absolute Gasteiger partial charge is 0.192 e. The van der Waals surface area contributed by atoms with Crippen LogP contribution in [0.5, 0.6) is 0 Å². The average molecular weight is 405 g/mol. The van der Waals surface area contributed by atoms with E-state index in [-0.39, 0.29) is 5.41 Å². The van der Waals surface area contributed by atoms with Gasteiger partial charge in [0.25, 0.3) is 0 Å². The van der Waals surface area contributed by atoms with Crippen LogP contribution in [0, 0.1) is 34.5 Å². The highest BCUT2D eigenvalue weighted by Gasteiger charge is 2.60. The quantitative estimate of drug-likeness (QED) is 0.462. The first-order valence-corrected chi connectivity index (χ1v) is 15.1. The molecule has 0 aromatic heterocycles. The van der Waals surface area contributed by atoms with Crippen LogP contribution in [-0.4, -0.2) is 20.2 Å². The molecule has 0 heterocycles. The van der Waals surface area contributed by atoms with E-state index in [4.69, 9.17) is 4.43 Å². The minimum atomic E-state index is -1.49. The predicted molar refractivity (Wildman–Crippen MR) is 119 cm³/mol. The van der Waals surface area contributed by atoms with Gasteiger partial charge in [0.05, 0.1) is 0 Å². The summed E-state index contributed by atoms with van der Waals surface area (Å²) >= 11 is 0. The van der Waals surface area contributed by atoms with Crippen LogP contribution in [0.15, 0.2) is 0 Å². The van der Waals surface area contributed by atoms with Crippen molar-refractivity contribution in [2.75, 3.05) is 0 Å². The number of ketones is 1. The van der Waals surface area contributed by atoms with E-state index in [9.17, 15) is 4.79 Å². The van der Waals surface area contributed by atoms with E-state index in [2.05, 4.69) is 34.6 Å². The van der Waals surface area contributed by atoms with E-state index in [0.29, 0.717) is 23.2 Å². The second kappa shape index (κ2) is 7.52.